The van der Waals surface area contributed by atoms with E-state index in [1.54, 1.807) is 24.3 Å². The predicted molar refractivity (Wildman–Crippen MR) is 260 cm³/mol. The predicted octanol–water partition coefficient (Wildman–Crippen LogP) is 0.423. The van der Waals surface area contributed by atoms with Gasteiger partial charge in [0.25, 0.3) is 0 Å². The van der Waals surface area contributed by atoms with E-state index in [4.69, 9.17) is 44.2 Å². The molecule has 2 aliphatic heterocycles. The first-order valence-electron chi connectivity index (χ1n) is 23.1. The van der Waals surface area contributed by atoms with Crippen molar-refractivity contribution < 1.29 is 95.2 Å². The van der Waals surface area contributed by atoms with Crippen molar-refractivity contribution in [3.05, 3.63) is 101 Å². The molecular formula is C44H55FN10O20P2. The van der Waals surface area contributed by atoms with Crippen molar-refractivity contribution in [1.29, 1.82) is 0 Å². The Balaban J connectivity index is 1.05. The van der Waals surface area contributed by atoms with Crippen LogP contribution in [-0.2, 0) is 69.0 Å². The van der Waals surface area contributed by atoms with Gasteiger partial charge in [-0.15, -0.1) is 0 Å². The van der Waals surface area contributed by atoms with Gasteiger partial charge in [0.2, 0.25) is 5.91 Å². The van der Waals surface area contributed by atoms with Gasteiger partial charge in [-0.3, -0.25) is 32.4 Å². The van der Waals surface area contributed by atoms with E-state index in [0.717, 1.165) is 28.1 Å². The Hall–Kier alpha value is -6.41. The fraction of sp³-hybridized carbons (Fsp3) is 0.455. The van der Waals surface area contributed by atoms with E-state index in [1.165, 1.54) is 56.1 Å². The number of amides is 2. The van der Waals surface area contributed by atoms with Gasteiger partial charge in [-0.1, -0.05) is 24.3 Å². The van der Waals surface area contributed by atoms with Crippen LogP contribution in [0, 0.1) is 5.82 Å². The summed E-state index contributed by atoms with van der Waals surface area (Å²) in [6.07, 6.45) is -11.9. The number of hydrogen-bond acceptors (Lipinski definition) is 23. The van der Waals surface area contributed by atoms with Gasteiger partial charge in [0.05, 0.1) is 44.8 Å². The van der Waals surface area contributed by atoms with Gasteiger partial charge in [-0.2, -0.15) is 4.98 Å². The number of fused-ring (bicyclic) bond motifs is 1. The molecule has 5 heterocycles. The molecule has 2 aliphatic rings. The average Bonchev–Trinajstić information content (AvgIpc) is 4.06. The van der Waals surface area contributed by atoms with Crippen LogP contribution in [0.1, 0.15) is 43.9 Å². The van der Waals surface area contributed by atoms with Gasteiger partial charge in [0.1, 0.15) is 60.6 Å². The lowest BCUT2D eigenvalue weighted by atomic mass is 10.1. The van der Waals surface area contributed by atoms with Crippen molar-refractivity contribution in [2.24, 2.45) is 0 Å². The molecule has 0 bridgehead atoms. The first-order chi connectivity index (χ1) is 36.3. The Bertz CT molecular complexity index is 3040. The van der Waals surface area contributed by atoms with Crippen molar-refractivity contribution in [1.82, 2.24) is 34.0 Å². The summed E-state index contributed by atoms with van der Waals surface area (Å²) in [5.74, 6) is -2.23. The maximum absolute atomic E-state index is 14.3. The third kappa shape index (κ3) is 15.4. The molecule has 0 spiro atoms. The summed E-state index contributed by atoms with van der Waals surface area (Å²) in [5.41, 5.74) is 10.8. The largest absolute Gasteiger partial charge is 0.472 e. The van der Waals surface area contributed by atoms with Crippen molar-refractivity contribution in [2.75, 3.05) is 50.3 Å². The number of hydrogen-bond donors (Lipinski definition) is 9. The maximum Gasteiger partial charge on any atom is 0.472 e. The van der Waals surface area contributed by atoms with Crippen LogP contribution in [0.5, 0.6) is 0 Å². The van der Waals surface area contributed by atoms with E-state index in [0.29, 0.717) is 16.8 Å². The molecule has 1 unspecified atom stereocenters. The number of imidazole rings is 1. The highest BCUT2D eigenvalue weighted by Crippen LogP contribution is 2.49. The Labute approximate surface area is 435 Å². The smallest absolute Gasteiger partial charge is 0.455 e. The molecule has 5 aromatic rings. The Morgan fingerprint density at radius 1 is 0.909 bits per heavy atom. The zero-order chi connectivity index (χ0) is 56.0. The minimum absolute atomic E-state index is 0.0131. The number of phosphoric ester groups is 2. The fourth-order valence-corrected chi connectivity index (χ4v) is 9.18. The molecule has 11 N–H and O–H groups in total. The minimum atomic E-state index is -5.36. The van der Waals surface area contributed by atoms with Gasteiger partial charge in [-0.25, -0.2) is 42.9 Å². The summed E-state index contributed by atoms with van der Waals surface area (Å²) in [6.45, 7) is -0.209. The zero-order valence-corrected chi connectivity index (χ0v) is 42.8. The summed E-state index contributed by atoms with van der Waals surface area (Å²) >= 11 is 0. The van der Waals surface area contributed by atoms with Gasteiger partial charge in [0.15, 0.2) is 36.1 Å². The number of nitrogens with zero attached hydrogens (tertiary/aromatic N) is 7. The second-order valence-electron chi connectivity index (χ2n) is 18.1. The number of ether oxygens (including phenoxy) is 5. The van der Waals surface area contributed by atoms with E-state index < -0.39 is 126 Å². The van der Waals surface area contributed by atoms with Gasteiger partial charge >= 0.3 is 33.4 Å². The lowest BCUT2D eigenvalue weighted by Crippen LogP contribution is -2.49. The van der Waals surface area contributed by atoms with Crippen molar-refractivity contribution >= 4 is 62.1 Å². The topological polar surface area (TPSA) is 426 Å². The number of rotatable bonds is 23. The molecule has 3 aromatic heterocycles. The Morgan fingerprint density at radius 2 is 1.57 bits per heavy atom. The van der Waals surface area contributed by atoms with Crippen LogP contribution in [0.25, 0.3) is 11.2 Å². The molecule has 0 saturated carbocycles. The first-order valence-corrected chi connectivity index (χ1v) is 26.1. The second-order valence-corrected chi connectivity index (χ2v) is 20.8. The summed E-state index contributed by atoms with van der Waals surface area (Å²) in [4.78, 5) is 99.3. The number of aromatic nitrogens is 6. The van der Waals surface area contributed by atoms with Crippen molar-refractivity contribution in [3.8, 4) is 0 Å². The summed E-state index contributed by atoms with van der Waals surface area (Å²) in [5, 5.41) is 36.1. The normalized spacial score (nSPS) is 22.8. The summed E-state index contributed by atoms with van der Waals surface area (Å²) in [6, 6.07) is 11.3. The number of carbonyl (C=O) groups is 3. The van der Waals surface area contributed by atoms with Gasteiger partial charge in [-0.05, 0) is 55.3 Å². The minimum Gasteiger partial charge on any atom is -0.455 e. The lowest BCUT2D eigenvalue weighted by molar-refractivity contribution is -0.164. The monoisotopic (exact) mass is 1120 g/mol. The Kier molecular flexibility index (Phi) is 18.5. The SMILES string of the molecule is CN(C(=O)OCc1ccc(NC(=O)Cc2ccc(F)cc2)cc1)[C@@H](COCC(C)(C)O)C(=O)O[C@H]1[C@@H](O)[C@H](n2cnc3c(N)ncnc32)O[C@@H]1CCOP(=O)(O)O[C@H]1[C@@H](O)[C@H](n2ccc(N)nc2=O)O[C@@H]1COP(=O)(O)O. The highest BCUT2D eigenvalue weighted by molar-refractivity contribution is 7.47. The molecule has 2 saturated heterocycles. The number of halogens is 1. The molecule has 0 aliphatic carbocycles. The molecule has 0 radical (unpaired) electrons. The third-order valence-corrected chi connectivity index (χ3v) is 13.1. The van der Waals surface area contributed by atoms with Crippen LogP contribution in [0.3, 0.4) is 0 Å². The number of aliphatic hydroxyl groups excluding tert-OH is 2. The van der Waals surface area contributed by atoms with Crippen LogP contribution < -0.4 is 22.5 Å². The van der Waals surface area contributed by atoms with E-state index in [9.17, 15) is 62.7 Å². The van der Waals surface area contributed by atoms with E-state index in [2.05, 4.69) is 29.8 Å². The molecule has 33 heteroatoms. The number of benzene rings is 2. The number of carbonyl (C=O) groups excluding carboxylic acids is 3. The average molecular weight is 1120 g/mol. The van der Waals surface area contributed by atoms with Crippen LogP contribution in [0.15, 0.2) is 78.2 Å². The summed E-state index contributed by atoms with van der Waals surface area (Å²) in [7, 11) is -9.37. The Morgan fingerprint density at radius 3 is 2.25 bits per heavy atom. The molecule has 2 fully saturated rings. The van der Waals surface area contributed by atoms with E-state index >= 15 is 0 Å². The molecule has 7 rings (SSSR count). The molecule has 30 nitrogen and oxygen atoms in total. The molecule has 2 aromatic carbocycles. The van der Waals surface area contributed by atoms with Gasteiger partial charge in [0, 0.05) is 25.4 Å². The van der Waals surface area contributed by atoms with Crippen LogP contribution in [-0.4, -0.2) is 164 Å². The fourth-order valence-electron chi connectivity index (χ4n) is 7.88. The highest BCUT2D eigenvalue weighted by atomic mass is 31.2. The lowest BCUT2D eigenvalue weighted by Gasteiger charge is -2.29. The zero-order valence-electron chi connectivity index (χ0n) is 41.0. The molecular weight excluding hydrogens is 1070 g/mol. The van der Waals surface area contributed by atoms with Crippen LogP contribution in [0.4, 0.5) is 26.5 Å². The van der Waals surface area contributed by atoms with Gasteiger partial charge < -0.3 is 70.5 Å². The van der Waals surface area contributed by atoms with E-state index in [-0.39, 0.29) is 48.3 Å². The van der Waals surface area contributed by atoms with Crippen LogP contribution >= 0.6 is 15.6 Å². The quantitative estimate of drug-likeness (QED) is 0.0316. The third-order valence-electron chi connectivity index (χ3n) is 11.6. The molecule has 10 atom stereocenters. The first kappa shape index (κ1) is 58.3. The number of likely N-dealkylation sites (N-methyl/N-ethyl adjacent to an activating group) is 1. The summed E-state index contributed by atoms with van der Waals surface area (Å²) < 4.78 is 84.1. The number of nitrogens with one attached hydrogen (secondary N) is 1. The van der Waals surface area contributed by atoms with Crippen LogP contribution in [0.2, 0.25) is 0 Å². The van der Waals surface area contributed by atoms with Crippen molar-refractivity contribution in [2.45, 2.75) is 94.0 Å². The number of nitrogens with two attached hydrogens (primary N) is 2. The van der Waals surface area contributed by atoms with Crippen molar-refractivity contribution in [3.63, 3.8) is 0 Å². The standard InChI is InChI=1S/C44H55FN10O20P2/c1-44(2,62)20-68-18-27(53(3)43(61)69-17-24-6-10-26(11-7-24)51-31(56)16-23-4-8-25(45)9-5-23)41(59)74-35-28(72-40(33(35)57)55-22-50-32-37(47)48-21-49-38(32)55)13-15-70-77(66,67)75-36-29(19-71-76(63,64)65)73-39(34(36)58)54-14-12-30(46)52-42(54)60/h4-12,14,21-22,27-29,33-36,39-40,57-58,62H,13,15-20H2,1-3H3,(H,51,56)(H,66,67)(H2,46,52,60)(H2,47,48,49)(H2,63,64,65)/t27-,28+,29+,33+,34+,35+,36+,39+,40+/m0/s1. The number of anilines is 3. The molecule has 418 valence electrons. The highest BCUT2D eigenvalue weighted by Gasteiger charge is 2.51. The maximum atomic E-state index is 14.3. The number of nitrogen functional groups attached to an aromatic ring is 2. The molecule has 2 amide bonds. The molecule has 77 heavy (non-hydrogen) atoms. The number of esters is 1. The number of aliphatic hydroxyl groups is 3. The second kappa shape index (κ2) is 24.5. The van der Waals surface area contributed by atoms with E-state index in [1.807, 2.05) is 0 Å². The number of phosphoric acid groups is 2.